The summed E-state index contributed by atoms with van der Waals surface area (Å²) in [6.45, 7) is 0.604. The molecule has 0 aliphatic heterocycles. The number of nitrogens with one attached hydrogen (secondary N) is 2. The Morgan fingerprint density at radius 2 is 1.76 bits per heavy atom. The largest absolute Gasteiger partial charge is 0.338 e. The van der Waals surface area contributed by atoms with Crippen LogP contribution in [0.15, 0.2) is 59.5 Å². The summed E-state index contributed by atoms with van der Waals surface area (Å²) in [6, 6.07) is 15.5. The topological polar surface area (TPSA) is 41.1 Å². The monoisotopic (exact) mass is 304 g/mol. The number of para-hydroxylation sites is 1. The molecule has 110 valence electrons. The molecule has 0 aliphatic carbocycles. The predicted octanol–water partition coefficient (Wildman–Crippen LogP) is 4.13. The number of carbonyl (C=O) groups is 1. The molecule has 2 N–H and O–H groups in total. The molecule has 0 fully saturated rings. The molecular weight excluding hydrogens is 287 g/mol. The molecule has 21 heavy (non-hydrogen) atoms. The first-order chi connectivity index (χ1) is 10.2. The van der Waals surface area contributed by atoms with Gasteiger partial charge in [0.1, 0.15) is 5.82 Å². The van der Waals surface area contributed by atoms with Crippen molar-refractivity contribution in [1.82, 2.24) is 5.32 Å². The highest BCUT2D eigenvalue weighted by atomic mass is 32.2. The normalized spacial score (nSPS) is 10.1. The molecule has 0 radical (unpaired) electrons. The lowest BCUT2D eigenvalue weighted by Crippen LogP contribution is -2.29. The molecule has 0 spiro atoms. The van der Waals surface area contributed by atoms with Crippen LogP contribution in [-0.2, 0) is 0 Å². The Balaban J connectivity index is 1.59. The van der Waals surface area contributed by atoms with E-state index in [2.05, 4.69) is 10.6 Å². The molecule has 2 amide bonds. The first-order valence-corrected chi connectivity index (χ1v) is 7.71. The third-order valence-corrected chi connectivity index (χ3v) is 3.82. The van der Waals surface area contributed by atoms with Gasteiger partial charge in [-0.2, -0.15) is 0 Å². The molecule has 0 atom stereocenters. The number of urea groups is 1. The average Bonchev–Trinajstić information content (AvgIpc) is 2.50. The fourth-order valence-electron chi connectivity index (χ4n) is 1.69. The molecule has 0 saturated heterocycles. The van der Waals surface area contributed by atoms with Crippen LogP contribution in [0, 0.1) is 5.82 Å². The third kappa shape index (κ3) is 5.87. The molecule has 0 unspecified atom stereocenters. The standard InChI is InChI=1S/C16H17FN2OS/c17-13-7-9-15(10-8-13)21-12-4-11-18-16(20)19-14-5-2-1-3-6-14/h1-3,5-10H,4,11-12H2,(H2,18,19,20). The molecular formula is C16H17FN2OS. The van der Waals surface area contributed by atoms with E-state index in [0.29, 0.717) is 6.54 Å². The second-order valence-corrected chi connectivity index (χ2v) is 5.57. The van der Waals surface area contributed by atoms with Crippen molar-refractivity contribution < 1.29 is 9.18 Å². The minimum atomic E-state index is -0.224. The minimum Gasteiger partial charge on any atom is -0.338 e. The van der Waals surface area contributed by atoms with Gasteiger partial charge in [0, 0.05) is 17.1 Å². The maximum Gasteiger partial charge on any atom is 0.319 e. The van der Waals surface area contributed by atoms with Crippen molar-refractivity contribution in [1.29, 1.82) is 0 Å². The summed E-state index contributed by atoms with van der Waals surface area (Å²) < 4.78 is 12.7. The van der Waals surface area contributed by atoms with Crippen molar-refractivity contribution in [2.24, 2.45) is 0 Å². The summed E-state index contributed by atoms with van der Waals surface area (Å²) in [5, 5.41) is 5.56. The highest BCUT2D eigenvalue weighted by Crippen LogP contribution is 2.18. The van der Waals surface area contributed by atoms with Gasteiger partial charge in [-0.1, -0.05) is 18.2 Å². The van der Waals surface area contributed by atoms with Gasteiger partial charge in [0.05, 0.1) is 0 Å². The molecule has 0 heterocycles. The molecule has 0 aliphatic rings. The quantitative estimate of drug-likeness (QED) is 0.622. The van der Waals surface area contributed by atoms with Crippen molar-refractivity contribution in [2.45, 2.75) is 11.3 Å². The summed E-state index contributed by atoms with van der Waals surface area (Å²) in [5.41, 5.74) is 0.774. The first kappa shape index (κ1) is 15.4. The number of carbonyl (C=O) groups excluding carboxylic acids is 1. The van der Waals surface area contributed by atoms with E-state index in [9.17, 15) is 9.18 Å². The van der Waals surface area contributed by atoms with Crippen LogP contribution in [0.1, 0.15) is 6.42 Å². The van der Waals surface area contributed by atoms with Gasteiger partial charge in [-0.25, -0.2) is 9.18 Å². The molecule has 0 bridgehead atoms. The number of amides is 2. The maximum atomic E-state index is 12.7. The van der Waals surface area contributed by atoms with Crippen LogP contribution < -0.4 is 10.6 Å². The van der Waals surface area contributed by atoms with Gasteiger partial charge in [-0.15, -0.1) is 11.8 Å². The van der Waals surface area contributed by atoms with Crippen LogP contribution in [0.5, 0.6) is 0 Å². The lowest BCUT2D eigenvalue weighted by molar-refractivity contribution is 0.252. The SMILES string of the molecule is O=C(NCCCSc1ccc(F)cc1)Nc1ccccc1. The number of hydrogen-bond acceptors (Lipinski definition) is 2. The lowest BCUT2D eigenvalue weighted by Gasteiger charge is -2.07. The fraction of sp³-hybridized carbons (Fsp3) is 0.188. The van der Waals surface area contributed by atoms with Crippen molar-refractivity contribution in [3.8, 4) is 0 Å². The number of anilines is 1. The maximum absolute atomic E-state index is 12.7. The lowest BCUT2D eigenvalue weighted by atomic mass is 10.3. The van der Waals surface area contributed by atoms with Gasteiger partial charge < -0.3 is 10.6 Å². The Kier molecular flexibility index (Phi) is 6.09. The zero-order chi connectivity index (χ0) is 14.9. The molecule has 3 nitrogen and oxygen atoms in total. The minimum absolute atomic E-state index is 0.201. The Labute approximate surface area is 127 Å². The fourth-order valence-corrected chi connectivity index (χ4v) is 2.54. The number of rotatable bonds is 6. The summed E-state index contributed by atoms with van der Waals surface area (Å²) >= 11 is 1.65. The van der Waals surface area contributed by atoms with E-state index >= 15 is 0 Å². The van der Waals surface area contributed by atoms with E-state index in [1.165, 1.54) is 12.1 Å². The Morgan fingerprint density at radius 1 is 1.05 bits per heavy atom. The van der Waals surface area contributed by atoms with Crippen molar-refractivity contribution >= 4 is 23.5 Å². The van der Waals surface area contributed by atoms with Crippen LogP contribution in [0.3, 0.4) is 0 Å². The van der Waals surface area contributed by atoms with Crippen LogP contribution in [0.25, 0.3) is 0 Å². The van der Waals surface area contributed by atoms with E-state index in [1.807, 2.05) is 30.3 Å². The first-order valence-electron chi connectivity index (χ1n) is 6.72. The Bertz CT molecular complexity index is 560. The Morgan fingerprint density at radius 3 is 2.48 bits per heavy atom. The van der Waals surface area contributed by atoms with E-state index in [4.69, 9.17) is 0 Å². The molecule has 2 aromatic rings. The second-order valence-electron chi connectivity index (χ2n) is 4.40. The molecule has 0 aromatic heterocycles. The van der Waals surface area contributed by atoms with Crippen LogP contribution >= 0.6 is 11.8 Å². The number of hydrogen-bond donors (Lipinski definition) is 2. The summed E-state index contributed by atoms with van der Waals surface area (Å²) in [7, 11) is 0. The van der Waals surface area contributed by atoms with E-state index in [-0.39, 0.29) is 11.8 Å². The molecule has 5 heteroatoms. The Hall–Kier alpha value is -2.01. The number of benzene rings is 2. The smallest absolute Gasteiger partial charge is 0.319 e. The van der Waals surface area contributed by atoms with Crippen molar-refractivity contribution in [2.75, 3.05) is 17.6 Å². The van der Waals surface area contributed by atoms with Gasteiger partial charge in [-0.3, -0.25) is 0 Å². The van der Waals surface area contributed by atoms with Gasteiger partial charge in [0.2, 0.25) is 0 Å². The van der Waals surface area contributed by atoms with Crippen LogP contribution in [-0.4, -0.2) is 18.3 Å². The second kappa shape index (κ2) is 8.32. The molecule has 2 aromatic carbocycles. The zero-order valence-corrected chi connectivity index (χ0v) is 12.3. The summed E-state index contributed by atoms with van der Waals surface area (Å²) in [4.78, 5) is 12.6. The van der Waals surface area contributed by atoms with Gasteiger partial charge in [0.15, 0.2) is 0 Å². The zero-order valence-electron chi connectivity index (χ0n) is 11.5. The molecule has 0 saturated carbocycles. The van der Waals surface area contributed by atoms with Crippen molar-refractivity contribution in [3.63, 3.8) is 0 Å². The third-order valence-electron chi connectivity index (χ3n) is 2.72. The number of thioether (sulfide) groups is 1. The number of halogens is 1. The van der Waals surface area contributed by atoms with Crippen molar-refractivity contribution in [3.05, 3.63) is 60.4 Å². The van der Waals surface area contributed by atoms with Crippen LogP contribution in [0.2, 0.25) is 0 Å². The van der Waals surface area contributed by atoms with E-state index in [0.717, 1.165) is 22.8 Å². The average molecular weight is 304 g/mol. The summed E-state index contributed by atoms with van der Waals surface area (Å²) in [5.74, 6) is 0.649. The van der Waals surface area contributed by atoms with Gasteiger partial charge in [-0.05, 0) is 48.6 Å². The predicted molar refractivity (Wildman–Crippen MR) is 85.2 cm³/mol. The van der Waals surface area contributed by atoms with E-state index in [1.54, 1.807) is 23.9 Å². The van der Waals surface area contributed by atoms with Gasteiger partial charge >= 0.3 is 6.03 Å². The van der Waals surface area contributed by atoms with Gasteiger partial charge in [0.25, 0.3) is 0 Å². The van der Waals surface area contributed by atoms with Crippen LogP contribution in [0.4, 0.5) is 14.9 Å². The highest BCUT2D eigenvalue weighted by Gasteiger charge is 2.00. The molecule has 2 rings (SSSR count). The van der Waals surface area contributed by atoms with E-state index < -0.39 is 0 Å². The highest BCUT2D eigenvalue weighted by molar-refractivity contribution is 7.99. The summed E-state index contributed by atoms with van der Waals surface area (Å²) in [6.07, 6.45) is 0.851.